The molecule has 2 N–H and O–H groups in total. The summed E-state index contributed by atoms with van der Waals surface area (Å²) in [7, 11) is 1.63. The van der Waals surface area contributed by atoms with Crippen molar-refractivity contribution in [3.63, 3.8) is 0 Å². The van der Waals surface area contributed by atoms with Crippen molar-refractivity contribution in [2.24, 2.45) is 0 Å². The van der Waals surface area contributed by atoms with Crippen LogP contribution in [0.3, 0.4) is 0 Å². The number of benzene rings is 1. The minimum absolute atomic E-state index is 0.219. The number of ether oxygens (including phenoxy) is 1. The van der Waals surface area contributed by atoms with Gasteiger partial charge in [-0.25, -0.2) is 9.97 Å². The van der Waals surface area contributed by atoms with Gasteiger partial charge in [-0.05, 0) is 31.5 Å². The number of halogens is 1. The molecular formula is C16H19BrN4O2. The minimum Gasteiger partial charge on any atom is -0.385 e. The van der Waals surface area contributed by atoms with Crippen molar-refractivity contribution in [2.45, 2.75) is 13.3 Å². The summed E-state index contributed by atoms with van der Waals surface area (Å²) in [6, 6.07) is 9.35. The number of aryl methyl sites for hydroxylation is 1. The molecule has 7 heteroatoms. The highest BCUT2D eigenvalue weighted by atomic mass is 79.9. The molecule has 0 atom stereocenters. The Kier molecular flexibility index (Phi) is 6.49. The summed E-state index contributed by atoms with van der Waals surface area (Å²) >= 11 is 3.42. The van der Waals surface area contributed by atoms with Gasteiger partial charge in [0.2, 0.25) is 0 Å². The lowest BCUT2D eigenvalue weighted by molar-refractivity contribution is 0.0943. The topological polar surface area (TPSA) is 76.1 Å². The van der Waals surface area contributed by atoms with Crippen LogP contribution in [-0.4, -0.2) is 36.1 Å². The van der Waals surface area contributed by atoms with Crippen molar-refractivity contribution < 1.29 is 9.53 Å². The molecule has 0 aliphatic heterocycles. The number of carbonyl (C=O) groups excluding carboxylic acids is 1. The molecule has 2 rings (SSSR count). The molecule has 0 fully saturated rings. The third kappa shape index (κ3) is 5.61. The van der Waals surface area contributed by atoms with Gasteiger partial charge >= 0.3 is 0 Å². The number of nitrogens with zero attached hydrogens (tertiary/aromatic N) is 2. The second-order valence-electron chi connectivity index (χ2n) is 4.92. The van der Waals surface area contributed by atoms with Crippen LogP contribution in [0.25, 0.3) is 0 Å². The summed E-state index contributed by atoms with van der Waals surface area (Å²) in [4.78, 5) is 20.6. The van der Waals surface area contributed by atoms with E-state index in [1.807, 2.05) is 24.3 Å². The highest BCUT2D eigenvalue weighted by Crippen LogP contribution is 2.19. The molecule has 1 heterocycles. The molecule has 0 saturated carbocycles. The van der Waals surface area contributed by atoms with Crippen LogP contribution in [0, 0.1) is 6.92 Å². The molecule has 0 radical (unpaired) electrons. The number of rotatable bonds is 7. The lowest BCUT2D eigenvalue weighted by Gasteiger charge is -2.09. The molecule has 0 spiro atoms. The van der Waals surface area contributed by atoms with E-state index in [0.717, 1.165) is 16.6 Å². The van der Waals surface area contributed by atoms with Crippen molar-refractivity contribution in [1.29, 1.82) is 0 Å². The van der Waals surface area contributed by atoms with Gasteiger partial charge in [0, 0.05) is 36.5 Å². The summed E-state index contributed by atoms with van der Waals surface area (Å²) < 4.78 is 5.92. The SMILES string of the molecule is COCCCNC(=O)c1cc(Nc2cccc(Br)c2)nc(C)n1. The molecule has 1 aromatic heterocycles. The van der Waals surface area contributed by atoms with Crippen LogP contribution in [0.1, 0.15) is 22.7 Å². The molecule has 0 bridgehead atoms. The highest BCUT2D eigenvalue weighted by molar-refractivity contribution is 9.10. The van der Waals surface area contributed by atoms with Crippen molar-refractivity contribution in [3.05, 3.63) is 46.3 Å². The van der Waals surface area contributed by atoms with Crippen LogP contribution in [0.5, 0.6) is 0 Å². The summed E-state index contributed by atoms with van der Waals surface area (Å²) in [6.07, 6.45) is 0.759. The Morgan fingerprint density at radius 2 is 2.13 bits per heavy atom. The smallest absolute Gasteiger partial charge is 0.270 e. The summed E-state index contributed by atoms with van der Waals surface area (Å²) in [5.74, 6) is 0.897. The number of aromatic nitrogens is 2. The quantitative estimate of drug-likeness (QED) is 0.724. The average molecular weight is 379 g/mol. The van der Waals surface area contributed by atoms with Crippen LogP contribution in [0.2, 0.25) is 0 Å². The van der Waals surface area contributed by atoms with Gasteiger partial charge in [-0.15, -0.1) is 0 Å². The van der Waals surface area contributed by atoms with Crippen LogP contribution >= 0.6 is 15.9 Å². The van der Waals surface area contributed by atoms with E-state index in [-0.39, 0.29) is 5.91 Å². The van der Waals surface area contributed by atoms with Crippen molar-refractivity contribution in [2.75, 3.05) is 25.6 Å². The maximum atomic E-state index is 12.1. The summed E-state index contributed by atoms with van der Waals surface area (Å²) in [6.45, 7) is 2.91. The second kappa shape index (κ2) is 8.59. The average Bonchev–Trinajstić information content (AvgIpc) is 2.51. The van der Waals surface area contributed by atoms with Crippen molar-refractivity contribution in [1.82, 2.24) is 15.3 Å². The Morgan fingerprint density at radius 3 is 2.87 bits per heavy atom. The largest absolute Gasteiger partial charge is 0.385 e. The number of amides is 1. The first-order valence-electron chi connectivity index (χ1n) is 7.24. The van der Waals surface area contributed by atoms with Gasteiger partial charge in [0.15, 0.2) is 0 Å². The van der Waals surface area contributed by atoms with Gasteiger partial charge in [-0.2, -0.15) is 0 Å². The standard InChI is InChI=1S/C16H19BrN4O2/c1-11-19-14(16(22)18-7-4-8-23-2)10-15(20-11)21-13-6-3-5-12(17)9-13/h3,5-6,9-10H,4,7-8H2,1-2H3,(H,18,22)(H,19,20,21). The number of nitrogens with one attached hydrogen (secondary N) is 2. The minimum atomic E-state index is -0.219. The number of methoxy groups -OCH3 is 1. The Labute approximate surface area is 143 Å². The van der Waals surface area contributed by atoms with E-state index >= 15 is 0 Å². The van der Waals surface area contributed by atoms with Gasteiger partial charge in [0.25, 0.3) is 5.91 Å². The maximum absolute atomic E-state index is 12.1. The molecule has 1 aromatic carbocycles. The lowest BCUT2D eigenvalue weighted by Crippen LogP contribution is -2.26. The second-order valence-corrected chi connectivity index (χ2v) is 5.84. The molecule has 6 nitrogen and oxygen atoms in total. The molecule has 0 unspecified atom stereocenters. The van der Waals surface area contributed by atoms with Crippen LogP contribution < -0.4 is 10.6 Å². The molecule has 0 aliphatic carbocycles. The number of hydrogen-bond acceptors (Lipinski definition) is 5. The summed E-state index contributed by atoms with van der Waals surface area (Å²) in [5, 5.41) is 5.99. The van der Waals surface area contributed by atoms with E-state index < -0.39 is 0 Å². The number of carbonyl (C=O) groups is 1. The Balaban J connectivity index is 2.07. The first-order valence-corrected chi connectivity index (χ1v) is 8.03. The highest BCUT2D eigenvalue weighted by Gasteiger charge is 2.10. The van der Waals surface area contributed by atoms with E-state index in [1.54, 1.807) is 20.1 Å². The third-order valence-electron chi connectivity index (χ3n) is 2.98. The fourth-order valence-corrected chi connectivity index (χ4v) is 2.37. The molecular weight excluding hydrogens is 360 g/mol. The molecule has 0 saturated heterocycles. The van der Waals surface area contributed by atoms with Crippen molar-refractivity contribution in [3.8, 4) is 0 Å². The van der Waals surface area contributed by atoms with E-state index in [4.69, 9.17) is 4.74 Å². The maximum Gasteiger partial charge on any atom is 0.270 e. The summed E-state index contributed by atoms with van der Waals surface area (Å²) in [5.41, 5.74) is 1.22. The predicted octanol–water partition coefficient (Wildman–Crippen LogP) is 3.06. The van der Waals surface area contributed by atoms with Gasteiger partial charge < -0.3 is 15.4 Å². The molecule has 0 aliphatic rings. The molecule has 1 amide bonds. The Bertz CT molecular complexity index is 679. The van der Waals surface area contributed by atoms with E-state index in [9.17, 15) is 4.79 Å². The monoisotopic (exact) mass is 378 g/mol. The van der Waals surface area contributed by atoms with Crippen LogP contribution in [0.15, 0.2) is 34.8 Å². The van der Waals surface area contributed by atoms with Gasteiger partial charge in [0.1, 0.15) is 17.3 Å². The normalized spacial score (nSPS) is 10.4. The predicted molar refractivity (Wildman–Crippen MR) is 93.0 cm³/mol. The zero-order valence-electron chi connectivity index (χ0n) is 13.1. The zero-order valence-corrected chi connectivity index (χ0v) is 14.7. The van der Waals surface area contributed by atoms with E-state index in [1.165, 1.54) is 0 Å². The third-order valence-corrected chi connectivity index (χ3v) is 3.47. The van der Waals surface area contributed by atoms with Gasteiger partial charge in [-0.1, -0.05) is 22.0 Å². The molecule has 122 valence electrons. The first-order chi connectivity index (χ1) is 11.1. The van der Waals surface area contributed by atoms with Crippen LogP contribution in [0.4, 0.5) is 11.5 Å². The van der Waals surface area contributed by atoms with E-state index in [0.29, 0.717) is 30.5 Å². The van der Waals surface area contributed by atoms with E-state index in [2.05, 4.69) is 36.5 Å². The van der Waals surface area contributed by atoms with Gasteiger partial charge in [0.05, 0.1) is 0 Å². The fourth-order valence-electron chi connectivity index (χ4n) is 1.97. The molecule has 2 aromatic rings. The lowest BCUT2D eigenvalue weighted by atomic mass is 10.3. The first kappa shape index (κ1) is 17.4. The Morgan fingerprint density at radius 1 is 1.30 bits per heavy atom. The Hall–Kier alpha value is -1.99. The van der Waals surface area contributed by atoms with Gasteiger partial charge in [-0.3, -0.25) is 4.79 Å². The molecule has 23 heavy (non-hydrogen) atoms. The fraction of sp³-hybridized carbons (Fsp3) is 0.312. The zero-order chi connectivity index (χ0) is 16.7. The van der Waals surface area contributed by atoms with Crippen molar-refractivity contribution >= 4 is 33.3 Å². The van der Waals surface area contributed by atoms with Crippen LogP contribution in [-0.2, 0) is 4.74 Å². The number of anilines is 2. The number of hydrogen-bond donors (Lipinski definition) is 2.